The number of anilines is 2. The molecule has 8 heteroatoms. The first-order chi connectivity index (χ1) is 11.7. The Hall–Kier alpha value is -2.02. The molecule has 0 spiro atoms. The number of nitrogens with zero attached hydrogens (tertiary/aromatic N) is 3. The molecule has 0 fully saturated rings. The maximum Gasteiger partial charge on any atom is 0.423 e. The third kappa shape index (κ3) is 4.98. The standard InChI is InChI=1S/C17H19ClF3N3O/c1-4-24(13-7-5-6-12(18)8-13)16-22-9-14(17(19,20)21)15(23-16)25-10-11(2)3/h5-9,11H,4,10H2,1-3H3. The summed E-state index contributed by atoms with van der Waals surface area (Å²) in [5.74, 6) is -0.280. The number of rotatable bonds is 6. The smallest absolute Gasteiger partial charge is 0.423 e. The van der Waals surface area contributed by atoms with Gasteiger partial charge in [-0.15, -0.1) is 0 Å². The molecule has 0 radical (unpaired) electrons. The zero-order valence-corrected chi connectivity index (χ0v) is 14.9. The Morgan fingerprint density at radius 2 is 2.00 bits per heavy atom. The fourth-order valence-corrected chi connectivity index (χ4v) is 2.31. The summed E-state index contributed by atoms with van der Waals surface area (Å²) in [5.41, 5.74) is -0.302. The molecule has 1 heterocycles. The lowest BCUT2D eigenvalue weighted by atomic mass is 10.2. The molecule has 1 aromatic heterocycles. The topological polar surface area (TPSA) is 38.2 Å². The van der Waals surface area contributed by atoms with Gasteiger partial charge in [-0.05, 0) is 31.0 Å². The lowest BCUT2D eigenvalue weighted by Crippen LogP contribution is -2.21. The van der Waals surface area contributed by atoms with Crippen LogP contribution in [0.4, 0.5) is 24.8 Å². The van der Waals surface area contributed by atoms with E-state index in [0.717, 1.165) is 6.20 Å². The SMILES string of the molecule is CCN(c1cccc(Cl)c1)c1ncc(C(F)(F)F)c(OCC(C)C)n1. The summed E-state index contributed by atoms with van der Waals surface area (Å²) >= 11 is 5.99. The first-order valence-corrected chi connectivity index (χ1v) is 8.20. The second-order valence-corrected chi connectivity index (χ2v) is 6.25. The Morgan fingerprint density at radius 3 is 2.56 bits per heavy atom. The molecule has 0 aliphatic carbocycles. The fraction of sp³-hybridized carbons (Fsp3) is 0.412. The van der Waals surface area contributed by atoms with Gasteiger partial charge in [0.2, 0.25) is 11.8 Å². The van der Waals surface area contributed by atoms with Gasteiger partial charge >= 0.3 is 6.18 Å². The minimum absolute atomic E-state index is 0.0645. The van der Waals surface area contributed by atoms with Gasteiger partial charge in [-0.25, -0.2) is 4.98 Å². The summed E-state index contributed by atoms with van der Waals surface area (Å²) in [5, 5.41) is 0.513. The summed E-state index contributed by atoms with van der Waals surface area (Å²) in [6.07, 6.45) is -3.83. The predicted octanol–water partition coefficient (Wildman–Crippen LogP) is 5.34. The van der Waals surface area contributed by atoms with Crippen molar-refractivity contribution in [3.63, 3.8) is 0 Å². The van der Waals surface area contributed by atoms with Crippen LogP contribution < -0.4 is 9.64 Å². The molecule has 2 aromatic rings. The predicted molar refractivity (Wildman–Crippen MR) is 91.5 cm³/mol. The van der Waals surface area contributed by atoms with Gasteiger partial charge in [0.1, 0.15) is 5.56 Å². The Morgan fingerprint density at radius 1 is 1.28 bits per heavy atom. The van der Waals surface area contributed by atoms with Gasteiger partial charge in [-0.1, -0.05) is 31.5 Å². The van der Waals surface area contributed by atoms with Crippen LogP contribution >= 0.6 is 11.6 Å². The van der Waals surface area contributed by atoms with E-state index >= 15 is 0 Å². The highest BCUT2D eigenvalue weighted by Crippen LogP contribution is 2.36. The molecule has 0 N–H and O–H groups in total. The van der Waals surface area contributed by atoms with Gasteiger partial charge in [-0.3, -0.25) is 0 Å². The molecule has 0 unspecified atom stereocenters. The van der Waals surface area contributed by atoms with Crippen LogP contribution in [0.5, 0.6) is 5.88 Å². The van der Waals surface area contributed by atoms with E-state index in [1.165, 1.54) is 0 Å². The normalized spacial score (nSPS) is 11.7. The molecule has 136 valence electrons. The van der Waals surface area contributed by atoms with Crippen molar-refractivity contribution in [3.05, 3.63) is 41.0 Å². The number of benzene rings is 1. The summed E-state index contributed by atoms with van der Waals surface area (Å²) in [4.78, 5) is 9.56. The summed E-state index contributed by atoms with van der Waals surface area (Å²) in [6.45, 7) is 6.12. The zero-order chi connectivity index (χ0) is 18.6. The fourth-order valence-electron chi connectivity index (χ4n) is 2.12. The summed E-state index contributed by atoms with van der Waals surface area (Å²) < 4.78 is 44.8. The van der Waals surface area contributed by atoms with E-state index in [4.69, 9.17) is 16.3 Å². The van der Waals surface area contributed by atoms with E-state index < -0.39 is 17.6 Å². The lowest BCUT2D eigenvalue weighted by Gasteiger charge is -2.22. The van der Waals surface area contributed by atoms with Gasteiger partial charge < -0.3 is 9.64 Å². The highest BCUT2D eigenvalue weighted by atomic mass is 35.5. The van der Waals surface area contributed by atoms with Crippen LogP contribution in [0.3, 0.4) is 0 Å². The van der Waals surface area contributed by atoms with Crippen LogP contribution in [0.25, 0.3) is 0 Å². The molecular formula is C17H19ClF3N3O. The van der Waals surface area contributed by atoms with Gasteiger partial charge in [0.05, 0.1) is 6.61 Å². The molecule has 1 aromatic carbocycles. The van der Waals surface area contributed by atoms with Crippen molar-refractivity contribution in [1.82, 2.24) is 9.97 Å². The summed E-state index contributed by atoms with van der Waals surface area (Å²) in [7, 11) is 0. The van der Waals surface area contributed by atoms with Crippen molar-refractivity contribution in [2.45, 2.75) is 26.9 Å². The van der Waals surface area contributed by atoms with Crippen molar-refractivity contribution in [2.24, 2.45) is 5.92 Å². The Kier molecular flexibility index (Phi) is 6.11. The number of alkyl halides is 3. The molecule has 0 atom stereocenters. The lowest BCUT2D eigenvalue weighted by molar-refractivity contribution is -0.139. The molecule has 0 bridgehead atoms. The average molecular weight is 374 g/mol. The highest BCUT2D eigenvalue weighted by Gasteiger charge is 2.36. The third-order valence-corrected chi connectivity index (χ3v) is 3.51. The second kappa shape index (κ2) is 7.91. The van der Waals surface area contributed by atoms with E-state index in [2.05, 4.69) is 9.97 Å². The molecule has 4 nitrogen and oxygen atoms in total. The molecule has 2 rings (SSSR count). The van der Waals surface area contributed by atoms with Gasteiger partial charge in [0, 0.05) is 23.5 Å². The largest absolute Gasteiger partial charge is 0.477 e. The monoisotopic (exact) mass is 373 g/mol. The molecular weight excluding hydrogens is 355 g/mol. The Labute approximate surface area is 149 Å². The third-order valence-electron chi connectivity index (χ3n) is 3.28. The van der Waals surface area contributed by atoms with E-state index in [-0.39, 0.29) is 18.5 Å². The van der Waals surface area contributed by atoms with Crippen molar-refractivity contribution in [3.8, 4) is 5.88 Å². The Bertz CT molecular complexity index is 723. The van der Waals surface area contributed by atoms with Crippen LogP contribution in [0.2, 0.25) is 5.02 Å². The molecule has 0 amide bonds. The first-order valence-electron chi connectivity index (χ1n) is 7.82. The number of ether oxygens (including phenoxy) is 1. The minimum atomic E-state index is -4.59. The quantitative estimate of drug-likeness (QED) is 0.684. The summed E-state index contributed by atoms with van der Waals surface area (Å²) in [6, 6.07) is 6.94. The van der Waals surface area contributed by atoms with Gasteiger partial charge in [-0.2, -0.15) is 18.2 Å². The van der Waals surface area contributed by atoms with Crippen LogP contribution in [-0.4, -0.2) is 23.1 Å². The van der Waals surface area contributed by atoms with Crippen molar-refractivity contribution >= 4 is 23.2 Å². The maximum atomic E-state index is 13.2. The Balaban J connectivity index is 2.44. The van der Waals surface area contributed by atoms with Crippen LogP contribution in [0, 0.1) is 5.92 Å². The zero-order valence-electron chi connectivity index (χ0n) is 14.1. The molecule has 0 aliphatic rings. The van der Waals surface area contributed by atoms with Gasteiger partial charge in [0.15, 0.2) is 0 Å². The molecule has 25 heavy (non-hydrogen) atoms. The van der Waals surface area contributed by atoms with Crippen LogP contribution in [-0.2, 0) is 6.18 Å². The van der Waals surface area contributed by atoms with E-state index in [9.17, 15) is 13.2 Å². The number of hydrogen-bond acceptors (Lipinski definition) is 4. The maximum absolute atomic E-state index is 13.2. The second-order valence-electron chi connectivity index (χ2n) is 5.82. The van der Waals surface area contributed by atoms with E-state index in [1.807, 2.05) is 20.8 Å². The molecule has 0 saturated carbocycles. The highest BCUT2D eigenvalue weighted by molar-refractivity contribution is 6.30. The van der Waals surface area contributed by atoms with Crippen molar-refractivity contribution in [2.75, 3.05) is 18.1 Å². The van der Waals surface area contributed by atoms with E-state index in [1.54, 1.807) is 29.2 Å². The van der Waals surface area contributed by atoms with Crippen molar-refractivity contribution < 1.29 is 17.9 Å². The van der Waals surface area contributed by atoms with Gasteiger partial charge in [0.25, 0.3) is 0 Å². The number of hydrogen-bond donors (Lipinski definition) is 0. The first kappa shape index (κ1) is 19.3. The van der Waals surface area contributed by atoms with Crippen molar-refractivity contribution in [1.29, 1.82) is 0 Å². The molecule has 0 saturated heterocycles. The minimum Gasteiger partial charge on any atom is -0.477 e. The van der Waals surface area contributed by atoms with Crippen LogP contribution in [0.15, 0.2) is 30.5 Å². The number of aromatic nitrogens is 2. The number of halogens is 4. The molecule has 0 aliphatic heterocycles. The van der Waals surface area contributed by atoms with Crippen LogP contribution in [0.1, 0.15) is 26.3 Å². The average Bonchev–Trinajstić information content (AvgIpc) is 2.53. The van der Waals surface area contributed by atoms with E-state index in [0.29, 0.717) is 17.3 Å².